The van der Waals surface area contributed by atoms with Gasteiger partial charge in [-0.3, -0.25) is 4.79 Å². The average Bonchev–Trinajstić information content (AvgIpc) is 3.14. The summed E-state index contributed by atoms with van der Waals surface area (Å²) in [5.74, 6) is 0.114. The molecule has 3 rings (SSSR count). The van der Waals surface area contributed by atoms with Crippen LogP contribution in [0.2, 0.25) is 0 Å². The topological polar surface area (TPSA) is 80.2 Å². The van der Waals surface area contributed by atoms with Crippen LogP contribution in [0.4, 0.5) is 11.4 Å². The molecule has 8 heteroatoms. The van der Waals surface area contributed by atoms with Gasteiger partial charge in [0, 0.05) is 30.4 Å². The molecule has 1 N–H and O–H groups in total. The molecule has 0 atom stereocenters. The van der Waals surface area contributed by atoms with Crippen LogP contribution in [0.3, 0.4) is 0 Å². The van der Waals surface area contributed by atoms with Crippen LogP contribution in [-0.2, 0) is 9.53 Å². The van der Waals surface area contributed by atoms with Crippen LogP contribution >= 0.6 is 11.8 Å². The van der Waals surface area contributed by atoms with Crippen LogP contribution in [0, 0.1) is 0 Å². The number of methoxy groups -OCH3 is 1. The van der Waals surface area contributed by atoms with Crippen molar-refractivity contribution in [3.8, 4) is 5.75 Å². The Kier molecular flexibility index (Phi) is 7.94. The van der Waals surface area contributed by atoms with E-state index in [1.54, 1.807) is 44.4 Å². The van der Waals surface area contributed by atoms with Crippen LogP contribution in [0.15, 0.2) is 52.4 Å². The van der Waals surface area contributed by atoms with Crippen LogP contribution in [0.5, 0.6) is 5.75 Å². The second kappa shape index (κ2) is 10.9. The number of ether oxygens (including phenoxy) is 2. The minimum Gasteiger partial charge on any atom is -0.496 e. The highest BCUT2D eigenvalue weighted by atomic mass is 32.2. The van der Waals surface area contributed by atoms with E-state index >= 15 is 0 Å². The molecule has 1 heterocycles. The number of carbonyl (C=O) groups is 2. The largest absolute Gasteiger partial charge is 0.496 e. The molecule has 1 aliphatic rings. The van der Waals surface area contributed by atoms with Crippen molar-refractivity contribution in [1.82, 2.24) is 5.32 Å². The molecular formula is C24H27N3O4S. The van der Waals surface area contributed by atoms with E-state index in [1.165, 1.54) is 11.8 Å². The number of thioether (sulfide) groups is 1. The zero-order chi connectivity index (χ0) is 23.1. The van der Waals surface area contributed by atoms with Gasteiger partial charge >= 0.3 is 5.97 Å². The number of esters is 1. The molecular weight excluding hydrogens is 426 g/mol. The highest BCUT2D eigenvalue weighted by molar-refractivity contribution is 8.18. The summed E-state index contributed by atoms with van der Waals surface area (Å²) >= 11 is 1.26. The van der Waals surface area contributed by atoms with Crippen molar-refractivity contribution in [3.05, 3.63) is 58.5 Å². The first-order valence-corrected chi connectivity index (χ1v) is 11.3. The number of benzene rings is 2. The van der Waals surface area contributed by atoms with Gasteiger partial charge in [0.15, 0.2) is 5.17 Å². The maximum Gasteiger partial charge on any atom is 0.338 e. The second-order valence-corrected chi connectivity index (χ2v) is 7.88. The van der Waals surface area contributed by atoms with Crippen LogP contribution < -0.4 is 15.0 Å². The molecule has 0 radical (unpaired) electrons. The summed E-state index contributed by atoms with van der Waals surface area (Å²) in [6, 6.07) is 12.7. The lowest BCUT2D eigenvalue weighted by Gasteiger charge is -2.22. The average molecular weight is 454 g/mol. The lowest BCUT2D eigenvalue weighted by molar-refractivity contribution is -0.115. The van der Waals surface area contributed by atoms with E-state index in [4.69, 9.17) is 9.47 Å². The molecule has 7 nitrogen and oxygen atoms in total. The number of amidine groups is 1. The summed E-state index contributed by atoms with van der Waals surface area (Å²) in [6.45, 7) is 8.10. The zero-order valence-electron chi connectivity index (χ0n) is 18.7. The van der Waals surface area contributed by atoms with E-state index < -0.39 is 0 Å². The maximum atomic E-state index is 12.5. The van der Waals surface area contributed by atoms with Crippen molar-refractivity contribution in [2.45, 2.75) is 20.8 Å². The first-order chi connectivity index (χ1) is 15.5. The number of nitrogens with one attached hydrogen (secondary N) is 1. The summed E-state index contributed by atoms with van der Waals surface area (Å²) in [5, 5.41) is 3.26. The number of anilines is 1. The lowest BCUT2D eigenvalue weighted by atomic mass is 10.1. The number of hydrogen-bond donors (Lipinski definition) is 1. The molecule has 0 unspecified atom stereocenters. The quantitative estimate of drug-likeness (QED) is 0.464. The van der Waals surface area contributed by atoms with Gasteiger partial charge in [-0.15, -0.1) is 0 Å². The number of nitrogens with zero attached hydrogens (tertiary/aromatic N) is 2. The SMILES string of the molecule is CCOC(=O)c1ccc(N=C2NC(=O)C(=Cc3ccc(N(CC)CC)cc3OC)S2)cc1. The summed E-state index contributed by atoms with van der Waals surface area (Å²) < 4.78 is 10.5. The first kappa shape index (κ1) is 23.4. The Morgan fingerprint density at radius 3 is 2.47 bits per heavy atom. The molecule has 168 valence electrons. The molecule has 1 fully saturated rings. The molecule has 2 aromatic rings. The highest BCUT2D eigenvalue weighted by Gasteiger charge is 2.24. The fourth-order valence-electron chi connectivity index (χ4n) is 3.23. The molecule has 0 spiro atoms. The number of amides is 1. The molecule has 32 heavy (non-hydrogen) atoms. The summed E-state index contributed by atoms with van der Waals surface area (Å²) in [7, 11) is 1.62. The van der Waals surface area contributed by atoms with Crippen molar-refractivity contribution >= 4 is 46.3 Å². The Balaban J connectivity index is 1.78. The number of hydrogen-bond acceptors (Lipinski definition) is 7. The summed E-state index contributed by atoms with van der Waals surface area (Å²) in [4.78, 5) is 31.5. The third kappa shape index (κ3) is 5.50. The van der Waals surface area contributed by atoms with Crippen LogP contribution in [-0.4, -0.2) is 43.9 Å². The van der Waals surface area contributed by atoms with Gasteiger partial charge in [-0.1, -0.05) is 0 Å². The Morgan fingerprint density at radius 2 is 1.84 bits per heavy atom. The lowest BCUT2D eigenvalue weighted by Crippen LogP contribution is -2.21. The van der Waals surface area contributed by atoms with Gasteiger partial charge in [-0.25, -0.2) is 9.79 Å². The third-order valence-corrected chi connectivity index (χ3v) is 5.80. The third-order valence-electron chi connectivity index (χ3n) is 4.89. The standard InChI is InChI=1S/C24H27N3O4S/c1-5-27(6-2)19-13-10-17(20(15-19)30-4)14-21-22(28)26-24(32-21)25-18-11-8-16(9-12-18)23(29)31-7-3/h8-15H,5-7H2,1-4H3,(H,25,26,28). The minimum absolute atomic E-state index is 0.216. The predicted molar refractivity (Wildman–Crippen MR) is 130 cm³/mol. The van der Waals surface area contributed by atoms with Crippen molar-refractivity contribution in [3.63, 3.8) is 0 Å². The molecule has 0 aromatic heterocycles. The van der Waals surface area contributed by atoms with E-state index in [9.17, 15) is 9.59 Å². The predicted octanol–water partition coefficient (Wildman–Crippen LogP) is 4.61. The Bertz CT molecular complexity index is 1040. The van der Waals surface area contributed by atoms with E-state index in [2.05, 4.69) is 29.1 Å². The molecule has 1 aliphatic heterocycles. The van der Waals surface area contributed by atoms with Crippen LogP contribution in [0.25, 0.3) is 6.08 Å². The number of aliphatic imine (C=N–C) groups is 1. The maximum absolute atomic E-state index is 12.5. The molecule has 0 aliphatic carbocycles. The van der Waals surface area contributed by atoms with Gasteiger partial charge in [0.05, 0.1) is 29.9 Å². The fourth-order valence-corrected chi connectivity index (χ4v) is 4.06. The highest BCUT2D eigenvalue weighted by Crippen LogP contribution is 2.32. The Morgan fingerprint density at radius 1 is 1.12 bits per heavy atom. The fraction of sp³-hybridized carbons (Fsp3) is 0.292. The van der Waals surface area contributed by atoms with E-state index in [1.807, 2.05) is 18.2 Å². The first-order valence-electron chi connectivity index (χ1n) is 10.5. The minimum atomic E-state index is -0.374. The Hall–Kier alpha value is -3.26. The Labute approximate surface area is 192 Å². The van der Waals surface area contributed by atoms with Gasteiger partial charge in [0.25, 0.3) is 5.91 Å². The molecule has 2 aromatic carbocycles. The van der Waals surface area contributed by atoms with Gasteiger partial charge in [0.1, 0.15) is 5.75 Å². The van der Waals surface area contributed by atoms with Crippen molar-refractivity contribution in [1.29, 1.82) is 0 Å². The van der Waals surface area contributed by atoms with Gasteiger partial charge in [-0.2, -0.15) is 0 Å². The monoisotopic (exact) mass is 453 g/mol. The van der Waals surface area contributed by atoms with E-state index in [0.717, 1.165) is 24.3 Å². The normalized spacial score (nSPS) is 15.7. The number of carbonyl (C=O) groups excluding carboxylic acids is 2. The van der Waals surface area contributed by atoms with Gasteiger partial charge < -0.3 is 19.7 Å². The molecule has 0 bridgehead atoms. The van der Waals surface area contributed by atoms with Gasteiger partial charge in [-0.05, 0) is 75.0 Å². The summed E-state index contributed by atoms with van der Waals surface area (Å²) in [6.07, 6.45) is 1.80. The van der Waals surface area contributed by atoms with E-state index in [0.29, 0.717) is 33.7 Å². The second-order valence-electron chi connectivity index (χ2n) is 6.85. The summed E-state index contributed by atoms with van der Waals surface area (Å²) in [5.41, 5.74) is 2.98. The van der Waals surface area contributed by atoms with Crippen LogP contribution in [0.1, 0.15) is 36.7 Å². The smallest absolute Gasteiger partial charge is 0.338 e. The molecule has 1 amide bonds. The van der Waals surface area contributed by atoms with Crippen molar-refractivity contribution < 1.29 is 19.1 Å². The van der Waals surface area contributed by atoms with Gasteiger partial charge in [0.2, 0.25) is 0 Å². The van der Waals surface area contributed by atoms with Crippen molar-refractivity contribution in [2.75, 3.05) is 31.7 Å². The van der Waals surface area contributed by atoms with Crippen molar-refractivity contribution in [2.24, 2.45) is 4.99 Å². The van der Waals surface area contributed by atoms with E-state index in [-0.39, 0.29) is 11.9 Å². The number of rotatable bonds is 8. The molecule has 1 saturated heterocycles. The molecule has 0 saturated carbocycles. The zero-order valence-corrected chi connectivity index (χ0v) is 19.5.